The van der Waals surface area contributed by atoms with Gasteiger partial charge in [0.05, 0.1) is 27.4 Å². The number of sulfonamides is 1. The number of amides is 2. The predicted molar refractivity (Wildman–Crippen MR) is 165 cm³/mol. The number of halogens is 1. The molecule has 0 saturated carbocycles. The molecule has 2 aliphatic heterocycles. The second-order valence-electron chi connectivity index (χ2n) is 11.1. The maximum absolute atomic E-state index is 13.8. The number of carboxylic acid groups (broad SMARTS) is 1. The van der Waals surface area contributed by atoms with Gasteiger partial charge in [0.2, 0.25) is 15.9 Å². The minimum absolute atomic E-state index is 0.0467. The molecule has 0 atom stereocenters. The number of nitrogens with one attached hydrogen (secondary N) is 2. The molecule has 2 aliphatic rings. The van der Waals surface area contributed by atoms with Crippen molar-refractivity contribution in [2.24, 2.45) is 5.73 Å². The number of hydrogen-bond acceptors (Lipinski definition) is 8. The van der Waals surface area contributed by atoms with Crippen molar-refractivity contribution in [2.45, 2.75) is 17.9 Å². The summed E-state index contributed by atoms with van der Waals surface area (Å²) < 4.78 is 43.0. The zero-order chi connectivity index (χ0) is 32.7. The Morgan fingerprint density at radius 1 is 1.00 bits per heavy atom. The number of hydrogen-bond donors (Lipinski definition) is 4. The summed E-state index contributed by atoms with van der Waals surface area (Å²) in [5, 5.41) is 19.6. The van der Waals surface area contributed by atoms with E-state index >= 15 is 0 Å². The van der Waals surface area contributed by atoms with Crippen molar-refractivity contribution in [1.82, 2.24) is 24.0 Å². The molecule has 2 aromatic carbocycles. The number of aromatic nitrogens is 3. The zero-order valence-electron chi connectivity index (χ0n) is 24.7. The molecule has 14 nitrogen and oxygen atoms in total. The van der Waals surface area contributed by atoms with E-state index in [4.69, 9.17) is 5.73 Å². The number of H-pyrrole nitrogens is 1. The fraction of sp³-hybridized carbons (Fsp3) is 0.267. The van der Waals surface area contributed by atoms with Gasteiger partial charge < -0.3 is 30.5 Å². The van der Waals surface area contributed by atoms with E-state index in [1.54, 1.807) is 12.3 Å². The van der Waals surface area contributed by atoms with Gasteiger partial charge in [0.15, 0.2) is 5.82 Å². The number of likely N-dealkylation sites (N-methyl/N-ethyl adjacent to an activating group) is 1. The first kappa shape index (κ1) is 30.9. The minimum atomic E-state index is -4.06. The lowest BCUT2D eigenvalue weighted by Gasteiger charge is -2.35. The summed E-state index contributed by atoms with van der Waals surface area (Å²) >= 11 is 0. The molecule has 5 N–H and O–H groups in total. The molecule has 0 radical (unpaired) electrons. The molecule has 0 aliphatic carbocycles. The van der Waals surface area contributed by atoms with E-state index in [0.717, 1.165) is 25.2 Å². The van der Waals surface area contributed by atoms with Crippen LogP contribution in [0, 0.1) is 5.82 Å². The fourth-order valence-corrected chi connectivity index (χ4v) is 7.20. The van der Waals surface area contributed by atoms with Gasteiger partial charge in [-0.1, -0.05) is 6.07 Å². The van der Waals surface area contributed by atoms with E-state index in [1.165, 1.54) is 39.2 Å². The lowest BCUT2D eigenvalue weighted by atomic mass is 10.0. The van der Waals surface area contributed by atoms with Crippen molar-refractivity contribution >= 4 is 39.3 Å². The smallest absolute Gasteiger partial charge is 0.352 e. The van der Waals surface area contributed by atoms with Gasteiger partial charge in [0, 0.05) is 63.1 Å². The van der Waals surface area contributed by atoms with Crippen molar-refractivity contribution in [3.05, 3.63) is 88.6 Å². The number of aromatic amines is 1. The monoisotopic (exact) mass is 650 g/mol. The van der Waals surface area contributed by atoms with Crippen LogP contribution in [-0.4, -0.2) is 95.0 Å². The summed E-state index contributed by atoms with van der Waals surface area (Å²) in [5.74, 6) is -3.45. The van der Waals surface area contributed by atoms with Gasteiger partial charge >= 0.3 is 5.97 Å². The number of carbonyl (C=O) groups is 3. The highest BCUT2D eigenvalue weighted by Gasteiger charge is 2.33. The minimum Gasteiger partial charge on any atom is -0.477 e. The number of nitrogens with zero attached hydrogens (tertiary/aromatic N) is 5. The first-order valence-electron chi connectivity index (χ1n) is 14.4. The molecule has 2 amide bonds. The Kier molecular flexibility index (Phi) is 8.10. The second kappa shape index (κ2) is 12.0. The number of aromatic carboxylic acids is 1. The van der Waals surface area contributed by atoms with Gasteiger partial charge in [-0.3, -0.25) is 14.7 Å². The van der Waals surface area contributed by atoms with Crippen molar-refractivity contribution in [3.8, 4) is 5.69 Å². The van der Waals surface area contributed by atoms with Gasteiger partial charge in [0.1, 0.15) is 11.5 Å². The number of fused-ring (bicyclic) bond motifs is 1. The van der Waals surface area contributed by atoms with Gasteiger partial charge in [-0.25, -0.2) is 17.6 Å². The lowest BCUT2D eigenvalue weighted by Crippen LogP contribution is -2.45. The lowest BCUT2D eigenvalue weighted by molar-refractivity contribution is 0.0687. The molecule has 4 aromatic rings. The summed E-state index contributed by atoms with van der Waals surface area (Å²) in [6.45, 7) is 2.58. The van der Waals surface area contributed by atoms with Crippen molar-refractivity contribution in [2.75, 3.05) is 50.0 Å². The maximum atomic E-state index is 13.8. The average molecular weight is 651 g/mol. The third kappa shape index (κ3) is 5.73. The normalized spacial score (nSPS) is 15.8. The van der Waals surface area contributed by atoms with Crippen LogP contribution in [0.5, 0.6) is 0 Å². The number of primary amides is 1. The number of benzene rings is 2. The summed E-state index contributed by atoms with van der Waals surface area (Å²) in [5.41, 5.74) is 7.43. The second-order valence-corrected chi connectivity index (χ2v) is 13.1. The van der Waals surface area contributed by atoms with Crippen molar-refractivity contribution < 1.29 is 32.3 Å². The van der Waals surface area contributed by atoms with Gasteiger partial charge in [-0.15, -0.1) is 0 Å². The van der Waals surface area contributed by atoms with Crippen LogP contribution in [0.25, 0.3) is 5.69 Å². The Morgan fingerprint density at radius 2 is 1.74 bits per heavy atom. The maximum Gasteiger partial charge on any atom is 0.352 e. The molecule has 0 unspecified atom stereocenters. The van der Waals surface area contributed by atoms with Crippen LogP contribution < -0.4 is 16.0 Å². The molecule has 16 heteroatoms. The Labute approximate surface area is 263 Å². The third-order valence-corrected chi connectivity index (χ3v) is 10.1. The first-order valence-corrected chi connectivity index (χ1v) is 15.8. The number of anilines is 2. The highest BCUT2D eigenvalue weighted by molar-refractivity contribution is 7.89. The number of carboxylic acids is 1. The number of nitrogens with two attached hydrogens (primary N) is 1. The Balaban J connectivity index is 1.36. The van der Waals surface area contributed by atoms with Crippen molar-refractivity contribution in [3.63, 3.8) is 0 Å². The van der Waals surface area contributed by atoms with Crippen LogP contribution in [0.4, 0.5) is 15.9 Å². The SMILES string of the molecule is CN1CCN(c2cc(C(N)=O)c(C(=O)Nc3n[nH]c4c3CN(S(=O)(=O)c3cccc(F)c3)CC4)cc2-n2cccc2C(=O)O)CC1. The number of carbonyl (C=O) groups excluding carboxylic acids is 2. The highest BCUT2D eigenvalue weighted by atomic mass is 32.2. The molecule has 1 fully saturated rings. The van der Waals surface area contributed by atoms with Crippen LogP contribution in [0.1, 0.15) is 42.5 Å². The molecule has 4 heterocycles. The van der Waals surface area contributed by atoms with Gasteiger partial charge in [-0.05, 0) is 49.5 Å². The van der Waals surface area contributed by atoms with E-state index in [2.05, 4.69) is 20.4 Å². The van der Waals surface area contributed by atoms with Crippen LogP contribution in [0.15, 0.2) is 59.6 Å². The molecule has 0 bridgehead atoms. The summed E-state index contributed by atoms with van der Waals surface area (Å²) in [4.78, 5) is 42.6. The topological polar surface area (TPSA) is 187 Å². The van der Waals surface area contributed by atoms with Gasteiger partial charge in [-0.2, -0.15) is 9.40 Å². The average Bonchev–Trinajstić information content (AvgIpc) is 3.68. The van der Waals surface area contributed by atoms with Crippen molar-refractivity contribution in [1.29, 1.82) is 0 Å². The molecule has 0 spiro atoms. The standard InChI is InChI=1S/C30H31FN8O6S/c1-36-10-12-37(13-11-36)25-15-20(27(32)40)21(16-26(25)39-8-3-6-24(39)30(42)43)29(41)33-28-22-17-38(9-7-23(22)34-35-28)46(44,45)19-5-2-4-18(31)14-19/h2-6,8,14-16H,7,9-13,17H2,1H3,(H2,32,40)(H,42,43)(H2,33,34,35,41). The molecule has 6 rings (SSSR count). The Morgan fingerprint density at radius 3 is 2.43 bits per heavy atom. The van der Waals surface area contributed by atoms with Crippen LogP contribution >= 0.6 is 0 Å². The first-order chi connectivity index (χ1) is 21.9. The molecule has 1 saturated heterocycles. The summed E-state index contributed by atoms with van der Waals surface area (Å²) in [6.07, 6.45) is 1.82. The molecule has 240 valence electrons. The Hall–Kier alpha value is -5.06. The van der Waals surface area contributed by atoms with Gasteiger partial charge in [0.25, 0.3) is 5.91 Å². The van der Waals surface area contributed by atoms with E-state index in [9.17, 15) is 32.3 Å². The quantitative estimate of drug-likeness (QED) is 0.221. The van der Waals surface area contributed by atoms with E-state index in [0.29, 0.717) is 35.7 Å². The Bertz CT molecular complexity index is 1960. The summed E-state index contributed by atoms with van der Waals surface area (Å²) in [7, 11) is -2.08. The van der Waals surface area contributed by atoms with Crippen LogP contribution in [0.2, 0.25) is 0 Å². The van der Waals surface area contributed by atoms with E-state index in [-0.39, 0.29) is 47.0 Å². The molecule has 2 aromatic heterocycles. The highest BCUT2D eigenvalue weighted by Crippen LogP contribution is 2.33. The fourth-order valence-electron chi connectivity index (χ4n) is 5.76. The third-order valence-electron chi connectivity index (χ3n) is 8.26. The van der Waals surface area contributed by atoms with E-state index in [1.807, 2.05) is 11.9 Å². The molecular weight excluding hydrogens is 619 g/mol. The zero-order valence-corrected chi connectivity index (χ0v) is 25.6. The summed E-state index contributed by atoms with van der Waals surface area (Å²) in [6, 6.07) is 10.6. The number of piperazine rings is 1. The number of rotatable bonds is 8. The largest absolute Gasteiger partial charge is 0.477 e. The van der Waals surface area contributed by atoms with Crippen LogP contribution in [-0.2, 0) is 23.0 Å². The van der Waals surface area contributed by atoms with E-state index < -0.39 is 33.6 Å². The predicted octanol–water partition coefficient (Wildman–Crippen LogP) is 1.89. The van der Waals surface area contributed by atoms with Crippen LogP contribution in [0.3, 0.4) is 0 Å². The molecular formula is C30H31FN8O6S. The molecule has 46 heavy (non-hydrogen) atoms.